The summed E-state index contributed by atoms with van der Waals surface area (Å²) in [7, 11) is 0. The number of rotatable bonds is 1. The number of aryl methyl sites for hydroxylation is 2. The molecule has 0 N–H and O–H groups in total. The molecule has 2 aromatic heterocycles. The first kappa shape index (κ1) is 13.8. The van der Waals surface area contributed by atoms with Gasteiger partial charge in [-0.1, -0.05) is 18.2 Å². The Bertz CT molecular complexity index is 1200. The molecule has 0 aliphatic rings. The van der Waals surface area contributed by atoms with Crippen LogP contribution >= 0.6 is 0 Å². The van der Waals surface area contributed by atoms with Crippen molar-refractivity contribution in [2.45, 2.75) is 20.4 Å². The van der Waals surface area contributed by atoms with Crippen molar-refractivity contribution in [2.24, 2.45) is 0 Å². The van der Waals surface area contributed by atoms with Crippen LogP contribution in [0.1, 0.15) is 12.5 Å². The van der Waals surface area contributed by atoms with E-state index < -0.39 is 0 Å². The molecule has 0 amide bonds. The van der Waals surface area contributed by atoms with Gasteiger partial charge in [0, 0.05) is 34.8 Å². The molecule has 114 valence electrons. The standard InChI is InChI=1S/C19H15NO3/c1-3-20-16-10-17-14(11(2)8-18(21)23-17)9-15(16)12-6-4-5-7-13(12)19(20)22/h4-10H,3H2,1-2H3. The van der Waals surface area contributed by atoms with Crippen LogP contribution in [0.25, 0.3) is 32.6 Å². The van der Waals surface area contributed by atoms with Gasteiger partial charge in [0.15, 0.2) is 0 Å². The molecule has 4 aromatic rings. The second-order valence-corrected chi connectivity index (χ2v) is 5.71. The van der Waals surface area contributed by atoms with Gasteiger partial charge in [-0.2, -0.15) is 0 Å². The average molecular weight is 305 g/mol. The first-order valence-corrected chi connectivity index (χ1v) is 7.60. The number of nitrogens with zero attached hydrogens (tertiary/aromatic N) is 1. The van der Waals surface area contributed by atoms with E-state index in [-0.39, 0.29) is 11.2 Å². The van der Waals surface area contributed by atoms with Gasteiger partial charge < -0.3 is 8.98 Å². The molecule has 23 heavy (non-hydrogen) atoms. The van der Waals surface area contributed by atoms with Gasteiger partial charge in [-0.25, -0.2) is 4.79 Å². The summed E-state index contributed by atoms with van der Waals surface area (Å²) >= 11 is 0. The van der Waals surface area contributed by atoms with Crippen molar-refractivity contribution in [2.75, 3.05) is 0 Å². The van der Waals surface area contributed by atoms with Crippen LogP contribution < -0.4 is 11.2 Å². The number of hydrogen-bond acceptors (Lipinski definition) is 3. The maximum Gasteiger partial charge on any atom is 0.336 e. The molecule has 0 aliphatic heterocycles. The molecule has 0 radical (unpaired) electrons. The van der Waals surface area contributed by atoms with Crippen LogP contribution in [-0.4, -0.2) is 4.57 Å². The molecular weight excluding hydrogens is 290 g/mol. The number of benzene rings is 2. The highest BCUT2D eigenvalue weighted by atomic mass is 16.4. The van der Waals surface area contributed by atoms with Gasteiger partial charge in [0.25, 0.3) is 5.56 Å². The molecule has 0 aliphatic carbocycles. The molecule has 0 saturated heterocycles. The molecule has 2 heterocycles. The fraction of sp³-hybridized carbons (Fsp3) is 0.158. The van der Waals surface area contributed by atoms with E-state index in [1.165, 1.54) is 6.07 Å². The first-order valence-electron chi connectivity index (χ1n) is 7.60. The minimum absolute atomic E-state index is 0.0232. The van der Waals surface area contributed by atoms with Crippen LogP contribution in [-0.2, 0) is 6.54 Å². The first-order chi connectivity index (χ1) is 11.1. The summed E-state index contributed by atoms with van der Waals surface area (Å²) < 4.78 is 7.05. The molecule has 4 rings (SSSR count). The average Bonchev–Trinajstić information content (AvgIpc) is 2.54. The van der Waals surface area contributed by atoms with Gasteiger partial charge in [-0.3, -0.25) is 4.79 Å². The van der Waals surface area contributed by atoms with Crippen LogP contribution in [0.3, 0.4) is 0 Å². The largest absolute Gasteiger partial charge is 0.423 e. The van der Waals surface area contributed by atoms with Crippen molar-refractivity contribution in [3.63, 3.8) is 0 Å². The maximum absolute atomic E-state index is 12.7. The molecule has 4 nitrogen and oxygen atoms in total. The molecule has 0 atom stereocenters. The normalized spacial score (nSPS) is 11.6. The van der Waals surface area contributed by atoms with Gasteiger partial charge >= 0.3 is 5.63 Å². The summed E-state index contributed by atoms with van der Waals surface area (Å²) in [6.45, 7) is 4.39. The highest BCUT2D eigenvalue weighted by Gasteiger charge is 2.12. The monoisotopic (exact) mass is 305 g/mol. The van der Waals surface area contributed by atoms with Crippen LogP contribution in [0.5, 0.6) is 0 Å². The van der Waals surface area contributed by atoms with Crippen molar-refractivity contribution in [1.82, 2.24) is 4.57 Å². The second kappa shape index (κ2) is 4.81. The highest BCUT2D eigenvalue weighted by Crippen LogP contribution is 2.28. The summed E-state index contributed by atoms with van der Waals surface area (Å²) in [6, 6.07) is 12.9. The highest BCUT2D eigenvalue weighted by molar-refractivity contribution is 6.10. The van der Waals surface area contributed by atoms with Crippen molar-refractivity contribution in [3.05, 3.63) is 68.8 Å². The minimum atomic E-state index is -0.375. The van der Waals surface area contributed by atoms with Crippen LogP contribution in [0.4, 0.5) is 0 Å². The van der Waals surface area contributed by atoms with Crippen LogP contribution in [0, 0.1) is 6.92 Å². The van der Waals surface area contributed by atoms with E-state index in [4.69, 9.17) is 4.42 Å². The van der Waals surface area contributed by atoms with Gasteiger partial charge in [0.1, 0.15) is 5.58 Å². The van der Waals surface area contributed by atoms with Gasteiger partial charge in [-0.05, 0) is 36.9 Å². The summed E-state index contributed by atoms with van der Waals surface area (Å²) in [5.41, 5.74) is 1.78. The Morgan fingerprint density at radius 1 is 0.957 bits per heavy atom. The SMILES string of the molecule is CCn1c(=O)c2ccccc2c2cc3c(C)cc(=O)oc3cc21. The lowest BCUT2D eigenvalue weighted by Gasteiger charge is -2.12. The number of fused-ring (bicyclic) bond motifs is 4. The van der Waals surface area contributed by atoms with E-state index in [1.807, 2.05) is 44.2 Å². The Balaban J connectivity index is 2.36. The Kier molecular flexibility index (Phi) is 2.88. The van der Waals surface area contributed by atoms with E-state index in [1.54, 1.807) is 10.6 Å². The molecule has 0 saturated carbocycles. The Morgan fingerprint density at radius 2 is 1.70 bits per heavy atom. The van der Waals surface area contributed by atoms with Crippen molar-refractivity contribution in [1.29, 1.82) is 0 Å². The van der Waals surface area contributed by atoms with Crippen molar-refractivity contribution >= 4 is 32.6 Å². The van der Waals surface area contributed by atoms with Gasteiger partial charge in [-0.15, -0.1) is 0 Å². The molecule has 0 fully saturated rings. The molecular formula is C19H15NO3. The third kappa shape index (κ3) is 1.91. The second-order valence-electron chi connectivity index (χ2n) is 5.71. The summed E-state index contributed by atoms with van der Waals surface area (Å²) in [4.78, 5) is 24.4. The quantitative estimate of drug-likeness (QED) is 0.307. The Labute approximate surface area is 131 Å². The van der Waals surface area contributed by atoms with Crippen molar-refractivity contribution in [3.8, 4) is 0 Å². The summed E-state index contributed by atoms with van der Waals surface area (Å²) in [5.74, 6) is 0. The third-order valence-electron chi connectivity index (χ3n) is 4.37. The van der Waals surface area contributed by atoms with Crippen molar-refractivity contribution < 1.29 is 4.42 Å². The Morgan fingerprint density at radius 3 is 2.43 bits per heavy atom. The lowest BCUT2D eigenvalue weighted by Crippen LogP contribution is -2.19. The van der Waals surface area contributed by atoms with Gasteiger partial charge in [0.2, 0.25) is 0 Å². The number of aromatic nitrogens is 1. The molecule has 4 heteroatoms. The number of pyridine rings is 1. The lowest BCUT2D eigenvalue weighted by atomic mass is 10.0. The molecule has 0 spiro atoms. The smallest absolute Gasteiger partial charge is 0.336 e. The lowest BCUT2D eigenvalue weighted by molar-refractivity contribution is 0.560. The third-order valence-corrected chi connectivity index (χ3v) is 4.37. The fourth-order valence-electron chi connectivity index (χ4n) is 3.27. The summed E-state index contributed by atoms with van der Waals surface area (Å²) in [6.07, 6.45) is 0. The number of hydrogen-bond donors (Lipinski definition) is 0. The molecule has 0 bridgehead atoms. The zero-order valence-corrected chi connectivity index (χ0v) is 12.9. The zero-order chi connectivity index (χ0) is 16.1. The van der Waals surface area contributed by atoms with E-state index in [9.17, 15) is 9.59 Å². The molecule has 2 aromatic carbocycles. The fourth-order valence-corrected chi connectivity index (χ4v) is 3.27. The van der Waals surface area contributed by atoms with E-state index in [2.05, 4.69) is 0 Å². The topological polar surface area (TPSA) is 52.2 Å². The zero-order valence-electron chi connectivity index (χ0n) is 12.9. The Hall–Kier alpha value is -2.88. The predicted molar refractivity (Wildman–Crippen MR) is 92.2 cm³/mol. The van der Waals surface area contributed by atoms with E-state index >= 15 is 0 Å². The van der Waals surface area contributed by atoms with Gasteiger partial charge in [0.05, 0.1) is 5.52 Å². The van der Waals surface area contributed by atoms with E-state index in [0.29, 0.717) is 17.5 Å². The van der Waals surface area contributed by atoms with Crippen LogP contribution in [0.2, 0.25) is 0 Å². The molecule has 0 unspecified atom stereocenters. The summed E-state index contributed by atoms with van der Waals surface area (Å²) in [5, 5.41) is 3.51. The minimum Gasteiger partial charge on any atom is -0.423 e. The van der Waals surface area contributed by atoms with E-state index in [0.717, 1.165) is 27.2 Å². The maximum atomic E-state index is 12.7. The predicted octanol–water partition coefficient (Wildman–Crippen LogP) is 3.59. The van der Waals surface area contributed by atoms with Crippen LogP contribution in [0.15, 0.2) is 56.5 Å².